The fraction of sp³-hybridized carbons (Fsp3) is 0. The van der Waals surface area contributed by atoms with Crippen LogP contribution in [0.3, 0.4) is 0 Å². The molecule has 0 fully saturated rings. The Morgan fingerprint density at radius 1 is 1.19 bits per heavy atom. The number of nitrogens with zero attached hydrogens (tertiary/aromatic N) is 1. The van der Waals surface area contributed by atoms with E-state index in [1.165, 1.54) is 6.08 Å². The lowest BCUT2D eigenvalue weighted by Gasteiger charge is -1.90. The lowest BCUT2D eigenvalue weighted by Crippen LogP contribution is -1.80. The van der Waals surface area contributed by atoms with Crippen molar-refractivity contribution in [3.8, 4) is 11.8 Å². The van der Waals surface area contributed by atoms with Crippen molar-refractivity contribution in [2.75, 3.05) is 0 Å². The van der Waals surface area contributed by atoms with Gasteiger partial charge in [0.15, 0.2) is 0 Å². The predicted octanol–water partition coefficient (Wildman–Crippen LogP) is 3.15. The normalized spacial score (nSPS) is 10.3. The van der Waals surface area contributed by atoms with Gasteiger partial charge in [0.1, 0.15) is 0 Å². The van der Waals surface area contributed by atoms with E-state index in [2.05, 4.69) is 11.8 Å². The molecule has 0 aliphatic carbocycles. The summed E-state index contributed by atoms with van der Waals surface area (Å²) in [4.78, 5) is 9.35. The van der Waals surface area contributed by atoms with Crippen LogP contribution in [0.2, 0.25) is 5.02 Å². The smallest absolute Gasteiger partial charge is 0.242 e. The molecule has 0 heterocycles. The number of halogens is 1. The first-order valence-electron chi connectivity index (χ1n) is 4.42. The Morgan fingerprint density at radius 2 is 1.81 bits per heavy atom. The SMILES string of the molecule is O=[N+]([O-])/C=C/C#C/C=C/c1ccc(Cl)cc1. The van der Waals surface area contributed by atoms with E-state index in [1.807, 2.05) is 12.1 Å². The zero-order valence-electron chi connectivity index (χ0n) is 8.26. The van der Waals surface area contributed by atoms with E-state index in [0.717, 1.165) is 11.8 Å². The lowest BCUT2D eigenvalue weighted by atomic mass is 10.2. The standard InChI is InChI=1S/C12H8ClNO2/c13-12-8-6-11(7-9-12)5-3-1-2-4-10-14(15)16/h3-10H/b5-3+,10-4+. The monoisotopic (exact) mass is 233 g/mol. The Bertz CT molecular complexity index is 478. The quantitative estimate of drug-likeness (QED) is 0.447. The second-order valence-electron chi connectivity index (χ2n) is 2.77. The summed E-state index contributed by atoms with van der Waals surface area (Å²) in [5, 5.41) is 10.6. The summed E-state index contributed by atoms with van der Waals surface area (Å²) in [7, 11) is 0. The summed E-state index contributed by atoms with van der Waals surface area (Å²) in [6.07, 6.45) is 5.40. The molecule has 0 bridgehead atoms. The van der Waals surface area contributed by atoms with E-state index in [1.54, 1.807) is 24.3 Å². The van der Waals surface area contributed by atoms with Crippen LogP contribution >= 0.6 is 11.6 Å². The maximum Gasteiger partial charge on any atom is 0.242 e. The summed E-state index contributed by atoms with van der Waals surface area (Å²) in [6.45, 7) is 0. The van der Waals surface area contributed by atoms with E-state index in [4.69, 9.17) is 11.6 Å². The lowest BCUT2D eigenvalue weighted by molar-refractivity contribution is -0.402. The van der Waals surface area contributed by atoms with E-state index in [9.17, 15) is 10.1 Å². The van der Waals surface area contributed by atoms with Crippen LogP contribution in [-0.4, -0.2) is 4.92 Å². The van der Waals surface area contributed by atoms with Crippen molar-refractivity contribution in [2.45, 2.75) is 0 Å². The predicted molar refractivity (Wildman–Crippen MR) is 64.4 cm³/mol. The number of hydrogen-bond acceptors (Lipinski definition) is 2. The Balaban J connectivity index is 2.54. The van der Waals surface area contributed by atoms with Gasteiger partial charge in [0.2, 0.25) is 6.20 Å². The Morgan fingerprint density at radius 3 is 2.44 bits per heavy atom. The minimum atomic E-state index is -0.558. The van der Waals surface area contributed by atoms with Crippen molar-refractivity contribution in [1.29, 1.82) is 0 Å². The van der Waals surface area contributed by atoms with Crippen molar-refractivity contribution >= 4 is 17.7 Å². The average molecular weight is 234 g/mol. The van der Waals surface area contributed by atoms with Gasteiger partial charge in [-0.05, 0) is 29.8 Å². The molecule has 0 saturated carbocycles. The Labute approximate surface area is 98.2 Å². The molecule has 1 aromatic carbocycles. The molecule has 4 heteroatoms. The van der Waals surface area contributed by atoms with Gasteiger partial charge in [-0.3, -0.25) is 10.1 Å². The maximum absolute atomic E-state index is 9.91. The van der Waals surface area contributed by atoms with Gasteiger partial charge in [0.25, 0.3) is 0 Å². The molecule has 16 heavy (non-hydrogen) atoms. The largest absolute Gasteiger partial charge is 0.259 e. The molecule has 1 aromatic rings. The summed E-state index contributed by atoms with van der Waals surface area (Å²) < 4.78 is 0. The molecule has 0 aliphatic rings. The molecule has 0 aromatic heterocycles. The van der Waals surface area contributed by atoms with Crippen LogP contribution in [0.25, 0.3) is 6.08 Å². The van der Waals surface area contributed by atoms with Gasteiger partial charge in [-0.2, -0.15) is 0 Å². The molecular formula is C12H8ClNO2. The highest BCUT2D eigenvalue weighted by molar-refractivity contribution is 6.30. The van der Waals surface area contributed by atoms with Crippen LogP contribution in [0.4, 0.5) is 0 Å². The topological polar surface area (TPSA) is 43.1 Å². The van der Waals surface area contributed by atoms with Crippen LogP contribution in [0, 0.1) is 22.0 Å². The number of rotatable bonds is 2. The molecule has 0 radical (unpaired) electrons. The molecular weight excluding hydrogens is 226 g/mol. The number of nitro groups is 1. The maximum atomic E-state index is 9.91. The Hall–Kier alpha value is -2.05. The average Bonchev–Trinajstić information content (AvgIpc) is 2.25. The van der Waals surface area contributed by atoms with Crippen molar-refractivity contribution in [3.63, 3.8) is 0 Å². The second-order valence-corrected chi connectivity index (χ2v) is 3.21. The van der Waals surface area contributed by atoms with Crippen molar-refractivity contribution in [1.82, 2.24) is 0 Å². The summed E-state index contributed by atoms with van der Waals surface area (Å²) >= 11 is 5.72. The molecule has 0 saturated heterocycles. The number of benzene rings is 1. The highest BCUT2D eigenvalue weighted by atomic mass is 35.5. The minimum Gasteiger partial charge on any atom is -0.259 e. The van der Waals surface area contributed by atoms with E-state index in [-0.39, 0.29) is 0 Å². The summed E-state index contributed by atoms with van der Waals surface area (Å²) in [5.41, 5.74) is 0.969. The van der Waals surface area contributed by atoms with E-state index < -0.39 is 4.92 Å². The number of hydrogen-bond donors (Lipinski definition) is 0. The molecule has 1 rings (SSSR count). The van der Waals surface area contributed by atoms with E-state index >= 15 is 0 Å². The molecule has 0 amide bonds. The van der Waals surface area contributed by atoms with Crippen LogP contribution in [0.15, 0.2) is 42.6 Å². The molecule has 80 valence electrons. The highest BCUT2D eigenvalue weighted by Crippen LogP contribution is 2.10. The van der Waals surface area contributed by atoms with Gasteiger partial charge < -0.3 is 0 Å². The first kappa shape index (κ1) is 12.0. The number of allylic oxidation sites excluding steroid dienone is 2. The van der Waals surface area contributed by atoms with Gasteiger partial charge in [0, 0.05) is 5.02 Å². The third kappa shape index (κ3) is 4.99. The van der Waals surface area contributed by atoms with Gasteiger partial charge in [-0.15, -0.1) is 0 Å². The molecule has 0 aliphatic heterocycles. The van der Waals surface area contributed by atoms with Crippen LogP contribution in [-0.2, 0) is 0 Å². The zero-order chi connectivity index (χ0) is 11.8. The molecule has 0 atom stereocenters. The van der Waals surface area contributed by atoms with Gasteiger partial charge in [-0.25, -0.2) is 0 Å². The van der Waals surface area contributed by atoms with Crippen molar-refractivity contribution in [3.05, 3.63) is 63.3 Å². The van der Waals surface area contributed by atoms with Gasteiger partial charge >= 0.3 is 0 Å². The van der Waals surface area contributed by atoms with E-state index in [0.29, 0.717) is 5.02 Å². The fourth-order valence-electron chi connectivity index (χ4n) is 0.906. The molecule has 3 nitrogen and oxygen atoms in total. The third-order valence-electron chi connectivity index (χ3n) is 1.59. The molecule has 0 N–H and O–H groups in total. The van der Waals surface area contributed by atoms with Crippen LogP contribution in [0.1, 0.15) is 5.56 Å². The molecule has 0 spiro atoms. The summed E-state index contributed by atoms with van der Waals surface area (Å²) in [5.74, 6) is 5.16. The third-order valence-corrected chi connectivity index (χ3v) is 1.84. The van der Waals surface area contributed by atoms with Gasteiger partial charge in [0.05, 0.1) is 11.0 Å². The van der Waals surface area contributed by atoms with Crippen molar-refractivity contribution in [2.24, 2.45) is 0 Å². The first-order valence-corrected chi connectivity index (χ1v) is 4.79. The highest BCUT2D eigenvalue weighted by Gasteiger charge is 1.85. The van der Waals surface area contributed by atoms with Crippen LogP contribution < -0.4 is 0 Å². The minimum absolute atomic E-state index is 0.558. The zero-order valence-corrected chi connectivity index (χ0v) is 9.02. The second kappa shape index (κ2) is 6.44. The van der Waals surface area contributed by atoms with Gasteiger partial charge in [-0.1, -0.05) is 35.6 Å². The fourth-order valence-corrected chi connectivity index (χ4v) is 1.03. The molecule has 0 unspecified atom stereocenters. The van der Waals surface area contributed by atoms with Crippen molar-refractivity contribution < 1.29 is 4.92 Å². The van der Waals surface area contributed by atoms with Crippen LogP contribution in [0.5, 0.6) is 0 Å². The Kier molecular flexibility index (Phi) is 4.84. The first-order chi connectivity index (χ1) is 7.68. The summed E-state index contributed by atoms with van der Waals surface area (Å²) in [6, 6.07) is 7.27.